The molecule has 0 saturated heterocycles. The van der Waals surface area contributed by atoms with Crippen LogP contribution in [0.15, 0.2) is 17.5 Å². The number of carboxylic acid groups (broad SMARTS) is 5. The number of aromatic amines is 1. The predicted molar refractivity (Wildman–Crippen MR) is 295 cm³/mol. The summed E-state index contributed by atoms with van der Waals surface area (Å²) in [5.41, 5.74) is 28.0. The fourth-order valence-electron chi connectivity index (χ4n) is 7.63. The van der Waals surface area contributed by atoms with Crippen molar-refractivity contribution in [2.45, 2.75) is 177 Å². The predicted octanol–water partition coefficient (Wildman–Crippen LogP) is -7.33. The SMILES string of the molecule is C[C@H](NC(=O)[C@H](CCC(N)=O)NC(=O)[C@H](Cc1cnc[nH]1)NC(=O)[C@H](CCCN=C(N)N)NC(=O)[C@H](CCCCN)NC(=O)[C@H](CCC(=O)O)NC(=O)[C@H](C)NC(=O)[C@H](CCC(=O)O)NC(=O)[C@H](CCC(=O)O)NC(=O)[C@@H](N)CCC(=O)O)C(=O)O. The molecule has 0 aliphatic heterocycles. The number of hydrogen-bond acceptors (Lipinski definition) is 19. The van der Waals surface area contributed by atoms with Gasteiger partial charge in [0.1, 0.15) is 54.4 Å². The Hall–Kier alpha value is -9.55. The van der Waals surface area contributed by atoms with E-state index < -0.39 is 207 Å². The van der Waals surface area contributed by atoms with E-state index >= 15 is 0 Å². The van der Waals surface area contributed by atoms with Crippen LogP contribution in [0.5, 0.6) is 0 Å². The largest absolute Gasteiger partial charge is 0.481 e. The van der Waals surface area contributed by atoms with Crippen molar-refractivity contribution in [3.8, 4) is 0 Å². The summed E-state index contributed by atoms with van der Waals surface area (Å²) in [6, 6.07) is -16.2. The monoisotopic (exact) mass is 1230 g/mol. The highest BCUT2D eigenvalue weighted by Crippen LogP contribution is 2.11. The number of carbonyl (C=O) groups excluding carboxylic acids is 10. The first kappa shape index (κ1) is 74.5. The van der Waals surface area contributed by atoms with Crippen LogP contribution in [-0.2, 0) is 78.3 Å². The zero-order valence-corrected chi connectivity index (χ0v) is 47.3. The number of H-pyrrole nitrogens is 1. The summed E-state index contributed by atoms with van der Waals surface area (Å²) in [7, 11) is 0. The van der Waals surface area contributed by atoms with Crippen LogP contribution in [0.2, 0.25) is 0 Å². The highest BCUT2D eigenvalue weighted by atomic mass is 16.4. The minimum atomic E-state index is -1.80. The molecule has 0 aliphatic rings. The van der Waals surface area contributed by atoms with Crippen molar-refractivity contribution < 1.29 is 97.5 Å². The Morgan fingerprint density at radius 1 is 0.465 bits per heavy atom. The molecule has 86 heavy (non-hydrogen) atoms. The normalized spacial score (nSPS) is 14.3. The topological polar surface area (TPSA) is 637 Å². The molecule has 0 fully saturated rings. The van der Waals surface area contributed by atoms with Crippen LogP contribution in [0.3, 0.4) is 0 Å². The number of hydrogen-bond donors (Lipinski definition) is 20. The number of nitrogens with two attached hydrogens (primary N) is 5. The van der Waals surface area contributed by atoms with Crippen molar-refractivity contribution in [2.75, 3.05) is 13.1 Å². The number of aromatic nitrogens is 2. The number of nitrogens with zero attached hydrogens (tertiary/aromatic N) is 2. The number of imidazole rings is 1. The highest BCUT2D eigenvalue weighted by Gasteiger charge is 2.36. The lowest BCUT2D eigenvalue weighted by Gasteiger charge is -2.28. The minimum Gasteiger partial charge on any atom is -0.481 e. The van der Waals surface area contributed by atoms with Crippen LogP contribution in [0, 0.1) is 0 Å². The molecule has 1 aromatic rings. The second-order valence-corrected chi connectivity index (χ2v) is 19.6. The molecule has 10 atom stereocenters. The molecule has 0 spiro atoms. The summed E-state index contributed by atoms with van der Waals surface area (Å²) in [6.07, 6.45) is -3.67. The third-order valence-corrected chi connectivity index (χ3v) is 12.4. The van der Waals surface area contributed by atoms with Crippen molar-refractivity contribution in [2.24, 2.45) is 33.7 Å². The van der Waals surface area contributed by atoms with Gasteiger partial charge in [-0.15, -0.1) is 0 Å². The van der Waals surface area contributed by atoms with Gasteiger partial charge in [0.2, 0.25) is 59.1 Å². The second-order valence-electron chi connectivity index (χ2n) is 19.6. The van der Waals surface area contributed by atoms with Gasteiger partial charge in [-0.05, 0) is 84.6 Å². The molecule has 1 rings (SSSR count). The van der Waals surface area contributed by atoms with E-state index in [-0.39, 0.29) is 69.7 Å². The van der Waals surface area contributed by atoms with E-state index in [2.05, 4.69) is 62.8 Å². The van der Waals surface area contributed by atoms with Crippen LogP contribution in [-0.4, -0.2) is 204 Å². The fraction of sp³-hybridized carbons (Fsp3) is 0.612. The molecule has 37 heteroatoms. The van der Waals surface area contributed by atoms with Crippen molar-refractivity contribution in [3.63, 3.8) is 0 Å². The molecule has 37 nitrogen and oxygen atoms in total. The van der Waals surface area contributed by atoms with Gasteiger partial charge in [-0.3, -0.25) is 76.9 Å². The van der Waals surface area contributed by atoms with Gasteiger partial charge < -0.3 is 107 Å². The van der Waals surface area contributed by atoms with E-state index in [9.17, 15) is 92.3 Å². The average Bonchev–Trinajstić information content (AvgIpc) is 3.31. The number of aliphatic carboxylic acids is 5. The van der Waals surface area contributed by atoms with E-state index in [1.165, 1.54) is 12.5 Å². The molecule has 0 unspecified atom stereocenters. The van der Waals surface area contributed by atoms with Crippen LogP contribution < -0.4 is 76.5 Å². The van der Waals surface area contributed by atoms with Gasteiger partial charge in [0.05, 0.1) is 12.4 Å². The van der Waals surface area contributed by atoms with E-state index in [0.29, 0.717) is 0 Å². The van der Waals surface area contributed by atoms with Gasteiger partial charge in [0, 0.05) is 57.0 Å². The third-order valence-electron chi connectivity index (χ3n) is 12.4. The van der Waals surface area contributed by atoms with E-state index in [0.717, 1.165) is 13.8 Å². The van der Waals surface area contributed by atoms with Crippen molar-refractivity contribution in [1.29, 1.82) is 0 Å². The lowest BCUT2D eigenvalue weighted by atomic mass is 10.0. The van der Waals surface area contributed by atoms with Crippen molar-refractivity contribution in [1.82, 2.24) is 57.8 Å². The smallest absolute Gasteiger partial charge is 0.325 e. The first-order chi connectivity index (χ1) is 40.3. The highest BCUT2D eigenvalue weighted by molar-refractivity contribution is 5.99. The summed E-state index contributed by atoms with van der Waals surface area (Å²) in [6.45, 7) is 2.24. The summed E-state index contributed by atoms with van der Waals surface area (Å²) >= 11 is 0. The summed E-state index contributed by atoms with van der Waals surface area (Å²) in [4.78, 5) is 203. The minimum absolute atomic E-state index is 0.00201. The quantitative estimate of drug-likeness (QED) is 0.0164. The number of carboxylic acids is 5. The average molecular weight is 1230 g/mol. The lowest BCUT2D eigenvalue weighted by Crippen LogP contribution is -2.60. The molecule has 1 heterocycles. The molecule has 0 bridgehead atoms. The van der Waals surface area contributed by atoms with Crippen molar-refractivity contribution >= 4 is 94.9 Å². The molecule has 0 aliphatic carbocycles. The standard InChI is InChI=1S/C49H79N17O20/c1-23(58-41(78)30(10-15-36(70)71)64-46(83)32(12-17-38(74)75)61-40(77)26(51)8-14-35(68)69)39(76)60-31(11-16-37(72)73)45(82)62-27(6-3-4-18-50)43(80)63-28(7-5-19-56-49(53)54)44(81)66-33(20-25-21-55-22-57-25)47(84)65-29(9-13-34(52)67)42(79)59-24(2)48(85)86/h21-24,26-33H,3-20,50-51H2,1-2H3,(H2,52,67)(H,55,57)(H,58,78)(H,59,79)(H,60,76)(H,61,77)(H,62,82)(H,63,80)(H,64,83)(H,65,84)(H,66,81)(H,68,69)(H,70,71)(H,72,73)(H,74,75)(H,85,86)(H4,53,54,56)/t23-,24-,26-,27-,28-,29-,30-,31-,32-,33-/m0/s1. The zero-order valence-electron chi connectivity index (χ0n) is 47.3. The van der Waals surface area contributed by atoms with E-state index in [1.54, 1.807) is 0 Å². The maximum atomic E-state index is 14.3. The first-order valence-corrected chi connectivity index (χ1v) is 26.9. The number of rotatable bonds is 44. The van der Waals surface area contributed by atoms with E-state index in [4.69, 9.17) is 33.8 Å². The molecular weight excluding hydrogens is 1150 g/mol. The Bertz CT molecular complexity index is 2560. The second kappa shape index (κ2) is 39.1. The molecule has 0 aromatic carbocycles. The molecular formula is C49H79N17O20. The Balaban J connectivity index is 3.60. The van der Waals surface area contributed by atoms with Gasteiger partial charge >= 0.3 is 29.8 Å². The first-order valence-electron chi connectivity index (χ1n) is 26.9. The third kappa shape index (κ3) is 30.7. The molecule has 0 saturated carbocycles. The molecule has 10 amide bonds. The summed E-state index contributed by atoms with van der Waals surface area (Å²) < 4.78 is 0. The van der Waals surface area contributed by atoms with Gasteiger partial charge in [-0.25, -0.2) is 4.98 Å². The molecule has 25 N–H and O–H groups in total. The Labute approximate surface area is 491 Å². The maximum absolute atomic E-state index is 14.3. The number of carbonyl (C=O) groups is 15. The molecule has 1 aromatic heterocycles. The number of aliphatic imine (C=N–C) groups is 1. The van der Waals surface area contributed by atoms with Gasteiger partial charge in [0.25, 0.3) is 0 Å². The van der Waals surface area contributed by atoms with E-state index in [1.807, 2.05) is 0 Å². The van der Waals surface area contributed by atoms with Crippen LogP contribution in [0.4, 0.5) is 0 Å². The lowest BCUT2D eigenvalue weighted by molar-refractivity contribution is -0.142. The van der Waals surface area contributed by atoms with Gasteiger partial charge in [-0.1, -0.05) is 0 Å². The summed E-state index contributed by atoms with van der Waals surface area (Å²) in [5, 5.41) is 67.5. The Kier molecular flexibility index (Phi) is 33.8. The maximum Gasteiger partial charge on any atom is 0.325 e. The molecule has 0 radical (unpaired) electrons. The Morgan fingerprint density at radius 2 is 0.826 bits per heavy atom. The van der Waals surface area contributed by atoms with Crippen LogP contribution in [0.1, 0.15) is 116 Å². The number of nitrogens with one attached hydrogen (secondary N) is 10. The molecule has 480 valence electrons. The van der Waals surface area contributed by atoms with Gasteiger partial charge in [-0.2, -0.15) is 0 Å². The Morgan fingerprint density at radius 3 is 1.22 bits per heavy atom. The number of unbranched alkanes of at least 4 members (excludes halogenated alkanes) is 1. The van der Waals surface area contributed by atoms with Gasteiger partial charge in [0.15, 0.2) is 5.96 Å². The van der Waals surface area contributed by atoms with Crippen molar-refractivity contribution in [3.05, 3.63) is 18.2 Å². The zero-order chi connectivity index (χ0) is 65.2. The number of amides is 10. The number of primary amides is 1. The van der Waals surface area contributed by atoms with Crippen LogP contribution in [0.25, 0.3) is 0 Å². The number of guanidine groups is 1. The van der Waals surface area contributed by atoms with Crippen LogP contribution >= 0.6 is 0 Å². The summed E-state index contributed by atoms with van der Waals surface area (Å²) in [5.74, 6) is -18.2. The fourth-order valence-corrected chi connectivity index (χ4v) is 7.63.